The van der Waals surface area contributed by atoms with Crippen molar-refractivity contribution in [3.8, 4) is 5.88 Å². The van der Waals surface area contributed by atoms with Gasteiger partial charge in [-0.25, -0.2) is 13.8 Å². The first-order valence-electron chi connectivity index (χ1n) is 5.79. The zero-order chi connectivity index (χ0) is 16.2. The average Bonchev–Trinajstić information content (AvgIpc) is 2.37. The number of halogens is 5. The van der Waals surface area contributed by atoms with Crippen molar-refractivity contribution in [3.63, 3.8) is 0 Å². The van der Waals surface area contributed by atoms with Crippen LogP contribution in [0.15, 0.2) is 6.07 Å². The summed E-state index contributed by atoms with van der Waals surface area (Å²) >= 11 is 0. The normalized spacial score (nSPS) is 11.6. The highest BCUT2D eigenvalue weighted by atomic mass is 19.4. The van der Waals surface area contributed by atoms with Crippen LogP contribution in [0.2, 0.25) is 0 Å². The third-order valence-electron chi connectivity index (χ3n) is 2.48. The van der Waals surface area contributed by atoms with Crippen LogP contribution in [0.5, 0.6) is 5.88 Å². The quantitative estimate of drug-likeness (QED) is 0.619. The van der Waals surface area contributed by atoms with Crippen molar-refractivity contribution in [2.24, 2.45) is 0 Å². The summed E-state index contributed by atoms with van der Waals surface area (Å²) in [6.07, 6.45) is -9.16. The predicted molar refractivity (Wildman–Crippen MR) is 61.1 cm³/mol. The third-order valence-corrected chi connectivity index (χ3v) is 2.48. The minimum absolute atomic E-state index is 0.0756. The molecule has 0 saturated carbocycles. The standard InChI is InChI=1S/C12H12F5NO3/c1-3-21-9(19)4-6-7(12(15,16)17)5-8(20-2)18-10(6)11(13)14/h5,11H,3-4H2,1-2H3. The van der Waals surface area contributed by atoms with Gasteiger partial charge in [0.15, 0.2) is 0 Å². The van der Waals surface area contributed by atoms with Crippen LogP contribution in [-0.2, 0) is 22.1 Å². The largest absolute Gasteiger partial charge is 0.481 e. The topological polar surface area (TPSA) is 48.4 Å². The first-order chi connectivity index (χ1) is 9.70. The van der Waals surface area contributed by atoms with Gasteiger partial charge in [-0.15, -0.1) is 0 Å². The Labute approximate surface area is 116 Å². The van der Waals surface area contributed by atoms with Gasteiger partial charge >= 0.3 is 12.1 Å². The molecule has 0 N–H and O–H groups in total. The van der Waals surface area contributed by atoms with Crippen LogP contribution in [0.1, 0.15) is 30.2 Å². The molecule has 0 aliphatic carbocycles. The van der Waals surface area contributed by atoms with Gasteiger partial charge < -0.3 is 9.47 Å². The highest BCUT2D eigenvalue weighted by Gasteiger charge is 2.37. The Hall–Kier alpha value is -1.93. The van der Waals surface area contributed by atoms with E-state index >= 15 is 0 Å². The van der Waals surface area contributed by atoms with Gasteiger partial charge in [0.25, 0.3) is 6.43 Å². The second-order valence-corrected chi connectivity index (χ2v) is 3.86. The molecule has 1 aromatic heterocycles. The van der Waals surface area contributed by atoms with E-state index in [0.29, 0.717) is 6.07 Å². The maximum Gasteiger partial charge on any atom is 0.416 e. The second-order valence-electron chi connectivity index (χ2n) is 3.86. The molecule has 0 aromatic carbocycles. The fourth-order valence-corrected chi connectivity index (χ4v) is 1.65. The van der Waals surface area contributed by atoms with E-state index in [1.807, 2.05) is 0 Å². The number of aromatic nitrogens is 1. The van der Waals surface area contributed by atoms with Crippen molar-refractivity contribution in [3.05, 3.63) is 22.9 Å². The number of esters is 1. The Morgan fingerprint density at radius 3 is 2.43 bits per heavy atom. The molecule has 21 heavy (non-hydrogen) atoms. The SMILES string of the molecule is CCOC(=O)Cc1c(C(F)(F)F)cc(OC)nc1C(F)F. The minimum atomic E-state index is -4.93. The molecule has 4 nitrogen and oxygen atoms in total. The Bertz CT molecular complexity index is 516. The summed E-state index contributed by atoms with van der Waals surface area (Å²) in [6.45, 7) is 1.37. The van der Waals surface area contributed by atoms with E-state index in [2.05, 4.69) is 14.5 Å². The van der Waals surface area contributed by atoms with Crippen LogP contribution in [0, 0.1) is 0 Å². The molecular formula is C12H12F5NO3. The molecule has 0 spiro atoms. The average molecular weight is 313 g/mol. The summed E-state index contributed by atoms with van der Waals surface area (Å²) < 4.78 is 73.7. The van der Waals surface area contributed by atoms with Crippen molar-refractivity contribution in [1.29, 1.82) is 0 Å². The summed E-state index contributed by atoms with van der Waals surface area (Å²) in [4.78, 5) is 14.6. The Morgan fingerprint density at radius 1 is 1.38 bits per heavy atom. The highest BCUT2D eigenvalue weighted by Crippen LogP contribution is 2.37. The number of carbonyl (C=O) groups is 1. The maximum atomic E-state index is 13.0. The zero-order valence-electron chi connectivity index (χ0n) is 11.1. The highest BCUT2D eigenvalue weighted by molar-refractivity contribution is 5.73. The number of carbonyl (C=O) groups excluding carboxylic acids is 1. The molecule has 1 rings (SSSR count). The van der Waals surface area contributed by atoms with Crippen LogP contribution < -0.4 is 4.74 Å². The number of nitrogens with zero attached hydrogens (tertiary/aromatic N) is 1. The predicted octanol–water partition coefficient (Wildman–Crippen LogP) is 3.15. The number of pyridine rings is 1. The molecule has 0 saturated heterocycles. The molecule has 0 atom stereocenters. The molecule has 0 bridgehead atoms. The maximum absolute atomic E-state index is 13.0. The summed E-state index contributed by atoms with van der Waals surface area (Å²) in [6, 6.07) is 0.473. The summed E-state index contributed by atoms with van der Waals surface area (Å²) in [5.74, 6) is -1.65. The van der Waals surface area contributed by atoms with Gasteiger partial charge in [0.05, 0.1) is 25.7 Å². The lowest BCUT2D eigenvalue weighted by molar-refractivity contribution is -0.143. The Kier molecular flexibility index (Phi) is 5.45. The number of alkyl halides is 5. The fraction of sp³-hybridized carbons (Fsp3) is 0.500. The lowest BCUT2D eigenvalue weighted by Crippen LogP contribution is -2.18. The van der Waals surface area contributed by atoms with Crippen LogP contribution >= 0.6 is 0 Å². The number of hydrogen-bond acceptors (Lipinski definition) is 4. The number of rotatable bonds is 5. The van der Waals surface area contributed by atoms with Crippen LogP contribution in [0.4, 0.5) is 22.0 Å². The molecule has 0 unspecified atom stereocenters. The molecule has 1 heterocycles. The smallest absolute Gasteiger partial charge is 0.416 e. The molecule has 0 aliphatic heterocycles. The van der Waals surface area contributed by atoms with Crippen LogP contribution in [-0.4, -0.2) is 24.7 Å². The fourth-order valence-electron chi connectivity index (χ4n) is 1.65. The summed E-state index contributed by atoms with van der Waals surface area (Å²) in [5.41, 5.74) is -3.44. The Balaban J connectivity index is 3.44. The van der Waals surface area contributed by atoms with Crippen molar-refractivity contribution in [2.75, 3.05) is 13.7 Å². The van der Waals surface area contributed by atoms with E-state index < -0.39 is 47.7 Å². The van der Waals surface area contributed by atoms with Gasteiger partial charge in [-0.3, -0.25) is 4.79 Å². The molecular weight excluding hydrogens is 301 g/mol. The molecule has 0 fully saturated rings. The monoisotopic (exact) mass is 313 g/mol. The summed E-state index contributed by atoms with van der Waals surface area (Å²) in [5, 5.41) is 0. The molecule has 0 amide bonds. The van der Waals surface area contributed by atoms with Crippen molar-refractivity contribution in [2.45, 2.75) is 25.9 Å². The summed E-state index contributed by atoms with van der Waals surface area (Å²) in [7, 11) is 1.00. The number of ether oxygens (including phenoxy) is 2. The van der Waals surface area contributed by atoms with E-state index in [9.17, 15) is 26.7 Å². The van der Waals surface area contributed by atoms with Gasteiger partial charge in [-0.05, 0) is 6.92 Å². The number of hydrogen-bond donors (Lipinski definition) is 0. The molecule has 118 valence electrons. The first kappa shape index (κ1) is 17.1. The van der Waals surface area contributed by atoms with Gasteiger partial charge in [0.2, 0.25) is 5.88 Å². The van der Waals surface area contributed by atoms with Crippen molar-refractivity contribution < 1.29 is 36.2 Å². The molecule has 0 radical (unpaired) electrons. The van der Waals surface area contributed by atoms with Crippen LogP contribution in [0.25, 0.3) is 0 Å². The first-order valence-corrected chi connectivity index (χ1v) is 5.79. The van der Waals surface area contributed by atoms with Crippen molar-refractivity contribution >= 4 is 5.97 Å². The second kappa shape index (κ2) is 6.68. The van der Waals surface area contributed by atoms with E-state index in [0.717, 1.165) is 7.11 Å². The Morgan fingerprint density at radius 2 is 2.00 bits per heavy atom. The van der Waals surface area contributed by atoms with E-state index in [1.165, 1.54) is 6.92 Å². The van der Waals surface area contributed by atoms with Gasteiger partial charge in [-0.1, -0.05) is 0 Å². The van der Waals surface area contributed by atoms with Crippen LogP contribution in [0.3, 0.4) is 0 Å². The molecule has 0 aliphatic rings. The lowest BCUT2D eigenvalue weighted by atomic mass is 10.0. The van der Waals surface area contributed by atoms with Gasteiger partial charge in [-0.2, -0.15) is 13.2 Å². The number of methoxy groups -OCH3 is 1. The van der Waals surface area contributed by atoms with Crippen molar-refractivity contribution in [1.82, 2.24) is 4.98 Å². The van der Waals surface area contributed by atoms with E-state index in [1.54, 1.807) is 0 Å². The van der Waals surface area contributed by atoms with Gasteiger partial charge in [0.1, 0.15) is 5.69 Å². The third kappa shape index (κ3) is 4.27. The molecule has 9 heteroatoms. The zero-order valence-corrected chi connectivity index (χ0v) is 11.1. The lowest BCUT2D eigenvalue weighted by Gasteiger charge is -2.17. The van der Waals surface area contributed by atoms with E-state index in [-0.39, 0.29) is 6.61 Å². The van der Waals surface area contributed by atoms with Gasteiger partial charge in [0, 0.05) is 11.6 Å². The van der Waals surface area contributed by atoms with E-state index in [4.69, 9.17) is 0 Å². The molecule has 1 aromatic rings. The minimum Gasteiger partial charge on any atom is -0.481 e.